The fraction of sp³-hybridized carbons (Fsp3) is 0.857. The lowest BCUT2D eigenvalue weighted by Gasteiger charge is -2.08. The van der Waals surface area contributed by atoms with E-state index in [1.165, 1.54) is 0 Å². The molecule has 1 unspecified atom stereocenters. The van der Waals surface area contributed by atoms with Gasteiger partial charge in [-0.3, -0.25) is 0 Å². The third kappa shape index (κ3) is 4.13. The molecule has 0 aliphatic carbocycles. The van der Waals surface area contributed by atoms with Crippen LogP contribution in [-0.4, -0.2) is 11.7 Å². The standard InChI is InChI=1S/C7H15O/c1-6(2)4-7(3)5-8/h4,6-8H,5H2,1-3H3. The lowest BCUT2D eigenvalue weighted by Crippen LogP contribution is -2.04. The number of hydrogen-bond acceptors (Lipinski definition) is 1. The van der Waals surface area contributed by atoms with Crippen LogP contribution in [-0.2, 0) is 0 Å². The van der Waals surface area contributed by atoms with Crippen LogP contribution in [0.1, 0.15) is 20.8 Å². The second kappa shape index (κ2) is 3.90. The highest BCUT2D eigenvalue weighted by molar-refractivity contribution is 4.74. The predicted molar refractivity (Wildman–Crippen MR) is 35.4 cm³/mol. The van der Waals surface area contributed by atoms with E-state index < -0.39 is 0 Å². The summed E-state index contributed by atoms with van der Waals surface area (Å²) in [6, 6.07) is 0. The molecule has 0 aliphatic heterocycles. The third-order valence-corrected chi connectivity index (χ3v) is 1.00. The van der Waals surface area contributed by atoms with Gasteiger partial charge in [-0.1, -0.05) is 20.8 Å². The molecule has 0 saturated heterocycles. The van der Waals surface area contributed by atoms with Crippen molar-refractivity contribution < 1.29 is 5.11 Å². The summed E-state index contributed by atoms with van der Waals surface area (Å²) in [5, 5.41) is 8.55. The Morgan fingerprint density at radius 3 is 2.00 bits per heavy atom. The maximum Gasteiger partial charge on any atom is 0.0459 e. The van der Waals surface area contributed by atoms with E-state index >= 15 is 0 Å². The summed E-state index contributed by atoms with van der Waals surface area (Å²) in [5.41, 5.74) is 0. The van der Waals surface area contributed by atoms with Crippen LogP contribution in [0.25, 0.3) is 0 Å². The van der Waals surface area contributed by atoms with Crippen LogP contribution in [0, 0.1) is 18.3 Å². The first-order valence-corrected chi connectivity index (χ1v) is 3.12. The number of aliphatic hydroxyl groups is 1. The van der Waals surface area contributed by atoms with Crippen molar-refractivity contribution >= 4 is 0 Å². The molecule has 0 saturated carbocycles. The van der Waals surface area contributed by atoms with Crippen molar-refractivity contribution in [1.29, 1.82) is 0 Å². The molecule has 8 heavy (non-hydrogen) atoms. The van der Waals surface area contributed by atoms with Gasteiger partial charge in [-0.05, 0) is 18.3 Å². The molecule has 0 amide bonds. The smallest absolute Gasteiger partial charge is 0.0459 e. The zero-order valence-corrected chi connectivity index (χ0v) is 5.89. The van der Waals surface area contributed by atoms with Gasteiger partial charge in [0.15, 0.2) is 0 Å². The molecule has 1 N–H and O–H groups in total. The number of rotatable bonds is 3. The molecule has 0 aliphatic rings. The summed E-state index contributed by atoms with van der Waals surface area (Å²) in [6.45, 7) is 6.52. The Hall–Kier alpha value is -0.0400. The summed E-state index contributed by atoms with van der Waals surface area (Å²) in [5.74, 6) is 0.951. The summed E-state index contributed by atoms with van der Waals surface area (Å²) >= 11 is 0. The van der Waals surface area contributed by atoms with E-state index in [1.54, 1.807) is 0 Å². The highest BCUT2D eigenvalue weighted by Crippen LogP contribution is 2.07. The summed E-state index contributed by atoms with van der Waals surface area (Å²) in [4.78, 5) is 0. The average Bonchev–Trinajstić information content (AvgIpc) is 1.65. The summed E-state index contributed by atoms with van der Waals surface area (Å²) in [7, 11) is 0. The Morgan fingerprint density at radius 1 is 1.38 bits per heavy atom. The van der Waals surface area contributed by atoms with Gasteiger partial charge in [-0.2, -0.15) is 0 Å². The molecular formula is C7H15O. The van der Waals surface area contributed by atoms with Crippen LogP contribution >= 0.6 is 0 Å². The topological polar surface area (TPSA) is 20.2 Å². The molecule has 49 valence electrons. The molecule has 0 spiro atoms. The van der Waals surface area contributed by atoms with Crippen molar-refractivity contribution in [2.45, 2.75) is 20.8 Å². The van der Waals surface area contributed by atoms with Crippen molar-refractivity contribution in [3.63, 3.8) is 0 Å². The molecular weight excluding hydrogens is 100 g/mol. The van der Waals surface area contributed by atoms with Crippen LogP contribution in [0.4, 0.5) is 0 Å². The van der Waals surface area contributed by atoms with Crippen molar-refractivity contribution in [2.24, 2.45) is 11.8 Å². The number of aliphatic hydroxyl groups excluding tert-OH is 1. The minimum atomic E-state index is 0.276. The molecule has 0 aromatic heterocycles. The maximum atomic E-state index is 8.55. The lowest BCUT2D eigenvalue weighted by molar-refractivity contribution is 0.247. The Labute approximate surface area is 51.7 Å². The minimum absolute atomic E-state index is 0.276. The number of hydrogen-bond donors (Lipinski definition) is 1. The van der Waals surface area contributed by atoms with Crippen molar-refractivity contribution in [3.8, 4) is 0 Å². The predicted octanol–water partition coefficient (Wildman–Crippen LogP) is 1.48. The largest absolute Gasteiger partial charge is 0.396 e. The van der Waals surface area contributed by atoms with Crippen molar-refractivity contribution in [2.75, 3.05) is 6.61 Å². The van der Waals surface area contributed by atoms with Gasteiger partial charge >= 0.3 is 0 Å². The molecule has 0 bridgehead atoms. The first-order chi connectivity index (χ1) is 3.66. The lowest BCUT2D eigenvalue weighted by atomic mass is 10.0. The van der Waals surface area contributed by atoms with Crippen molar-refractivity contribution in [3.05, 3.63) is 6.42 Å². The molecule has 1 heteroatoms. The van der Waals surface area contributed by atoms with Crippen LogP contribution in [0.3, 0.4) is 0 Å². The first kappa shape index (κ1) is 7.96. The second-order valence-electron chi connectivity index (χ2n) is 2.60. The van der Waals surface area contributed by atoms with Gasteiger partial charge in [-0.15, -0.1) is 0 Å². The monoisotopic (exact) mass is 115 g/mol. The highest BCUT2D eigenvalue weighted by Gasteiger charge is 2.01. The van der Waals surface area contributed by atoms with E-state index in [2.05, 4.69) is 20.3 Å². The zero-order valence-electron chi connectivity index (χ0n) is 5.89. The normalized spacial score (nSPS) is 14.6. The molecule has 1 nitrogen and oxygen atoms in total. The Balaban J connectivity index is 3.10. The second-order valence-corrected chi connectivity index (χ2v) is 2.60. The SMILES string of the molecule is CC(C)[CH]C(C)CO. The molecule has 0 aromatic rings. The van der Waals surface area contributed by atoms with Gasteiger partial charge in [0.2, 0.25) is 0 Å². The molecule has 1 radical (unpaired) electrons. The van der Waals surface area contributed by atoms with Crippen LogP contribution in [0.2, 0.25) is 0 Å². The van der Waals surface area contributed by atoms with E-state index in [4.69, 9.17) is 5.11 Å². The van der Waals surface area contributed by atoms with Gasteiger partial charge in [0.25, 0.3) is 0 Å². The van der Waals surface area contributed by atoms with E-state index in [-0.39, 0.29) is 6.61 Å². The van der Waals surface area contributed by atoms with E-state index in [0.717, 1.165) is 0 Å². The molecule has 0 fully saturated rings. The van der Waals surface area contributed by atoms with E-state index in [1.807, 2.05) is 6.92 Å². The summed E-state index contributed by atoms with van der Waals surface area (Å²) in [6.07, 6.45) is 2.14. The van der Waals surface area contributed by atoms with Gasteiger partial charge in [0.1, 0.15) is 0 Å². The Morgan fingerprint density at radius 2 is 1.88 bits per heavy atom. The quantitative estimate of drug-likeness (QED) is 0.590. The van der Waals surface area contributed by atoms with Gasteiger partial charge < -0.3 is 5.11 Å². The zero-order chi connectivity index (χ0) is 6.57. The maximum absolute atomic E-state index is 8.55. The van der Waals surface area contributed by atoms with Crippen LogP contribution < -0.4 is 0 Å². The van der Waals surface area contributed by atoms with Crippen molar-refractivity contribution in [1.82, 2.24) is 0 Å². The van der Waals surface area contributed by atoms with Crippen LogP contribution in [0.5, 0.6) is 0 Å². The van der Waals surface area contributed by atoms with E-state index in [9.17, 15) is 0 Å². The van der Waals surface area contributed by atoms with Crippen LogP contribution in [0.15, 0.2) is 0 Å². The van der Waals surface area contributed by atoms with Gasteiger partial charge in [0, 0.05) is 6.61 Å². The molecule has 0 heterocycles. The Bertz CT molecular complexity index is 50.3. The highest BCUT2D eigenvalue weighted by atomic mass is 16.3. The first-order valence-electron chi connectivity index (χ1n) is 3.12. The third-order valence-electron chi connectivity index (χ3n) is 1.00. The molecule has 1 atom stereocenters. The average molecular weight is 115 g/mol. The van der Waals surface area contributed by atoms with E-state index in [0.29, 0.717) is 11.8 Å². The van der Waals surface area contributed by atoms with Gasteiger partial charge in [0.05, 0.1) is 0 Å². The summed E-state index contributed by atoms with van der Waals surface area (Å²) < 4.78 is 0. The minimum Gasteiger partial charge on any atom is -0.396 e. The van der Waals surface area contributed by atoms with Gasteiger partial charge in [-0.25, -0.2) is 0 Å². The Kier molecular flexibility index (Phi) is 3.88. The molecule has 0 aromatic carbocycles. The molecule has 0 rings (SSSR count). The fourth-order valence-electron chi connectivity index (χ4n) is 0.718. The fourth-order valence-corrected chi connectivity index (χ4v) is 0.718.